The summed E-state index contributed by atoms with van der Waals surface area (Å²) in [5.74, 6) is -0.387. The van der Waals surface area contributed by atoms with E-state index in [4.69, 9.17) is 4.74 Å². The normalized spacial score (nSPS) is 23.2. The van der Waals surface area contributed by atoms with Crippen LogP contribution in [0.3, 0.4) is 0 Å². The fourth-order valence-corrected chi connectivity index (χ4v) is 3.68. The predicted octanol–water partition coefficient (Wildman–Crippen LogP) is 3.74. The molecule has 2 aliphatic rings. The van der Waals surface area contributed by atoms with Crippen LogP contribution in [0.5, 0.6) is 0 Å². The summed E-state index contributed by atoms with van der Waals surface area (Å²) in [5.41, 5.74) is 1.44. The number of carbonyl (C=O) groups excluding carboxylic acids is 2. The van der Waals surface area contributed by atoms with Crippen molar-refractivity contribution in [3.8, 4) is 0 Å². The average molecular weight is 344 g/mol. The maximum Gasteiger partial charge on any atom is 0.255 e. The van der Waals surface area contributed by atoms with Gasteiger partial charge in [-0.15, -0.1) is 0 Å². The zero-order valence-corrected chi connectivity index (χ0v) is 15.2. The van der Waals surface area contributed by atoms with Crippen molar-refractivity contribution >= 4 is 23.2 Å². The van der Waals surface area contributed by atoms with Crippen molar-refractivity contribution in [2.45, 2.75) is 64.6 Å². The highest BCUT2D eigenvalue weighted by Gasteiger charge is 2.32. The maximum atomic E-state index is 13.1. The number of nitrogens with zero attached hydrogens (tertiary/aromatic N) is 1. The number of benzene rings is 1. The van der Waals surface area contributed by atoms with Crippen LogP contribution in [0.1, 0.15) is 52.4 Å². The van der Waals surface area contributed by atoms with Gasteiger partial charge in [-0.05, 0) is 31.9 Å². The molecule has 1 aliphatic heterocycles. The van der Waals surface area contributed by atoms with E-state index in [9.17, 15) is 9.59 Å². The van der Waals surface area contributed by atoms with Crippen LogP contribution >= 0.6 is 0 Å². The number of nitrogens with one attached hydrogen (secondary N) is 1. The number of amides is 2. The zero-order chi connectivity index (χ0) is 17.8. The second kappa shape index (κ2) is 8.00. The van der Waals surface area contributed by atoms with Crippen LogP contribution in [0.2, 0.25) is 0 Å². The molecule has 0 spiro atoms. The molecule has 136 valence electrons. The van der Waals surface area contributed by atoms with Gasteiger partial charge in [0, 0.05) is 6.54 Å². The van der Waals surface area contributed by atoms with Crippen LogP contribution in [0.15, 0.2) is 24.3 Å². The first-order valence-electron chi connectivity index (χ1n) is 9.43. The summed E-state index contributed by atoms with van der Waals surface area (Å²) in [7, 11) is 0. The van der Waals surface area contributed by atoms with Crippen LogP contribution in [-0.2, 0) is 14.3 Å². The molecule has 1 aromatic rings. The Labute approximate surface area is 149 Å². The lowest BCUT2D eigenvalue weighted by Crippen LogP contribution is -2.43. The Morgan fingerprint density at radius 3 is 2.60 bits per heavy atom. The highest BCUT2D eigenvalue weighted by Crippen LogP contribution is 2.31. The average Bonchev–Trinajstić information content (AvgIpc) is 2.93. The first-order chi connectivity index (χ1) is 12.1. The first-order valence-corrected chi connectivity index (χ1v) is 9.43. The van der Waals surface area contributed by atoms with Crippen molar-refractivity contribution < 1.29 is 14.3 Å². The standard InChI is InChI=1S/C20H28N2O3/c1-14-13-22(18-12-8-7-11-17(18)21-19(14)23)20(24)15(2)25-16-9-5-3-4-6-10-16/h7-8,11-12,14-16H,3-6,9-10,13H2,1-2H3,(H,21,23). The van der Waals surface area contributed by atoms with Crippen LogP contribution < -0.4 is 10.2 Å². The molecule has 1 fully saturated rings. The molecule has 3 rings (SSSR count). The van der Waals surface area contributed by atoms with E-state index in [1.54, 1.807) is 4.90 Å². The third kappa shape index (κ3) is 4.21. The van der Waals surface area contributed by atoms with Gasteiger partial charge in [0.25, 0.3) is 5.91 Å². The molecule has 1 N–H and O–H groups in total. The summed E-state index contributed by atoms with van der Waals surface area (Å²) in [4.78, 5) is 27.0. The molecule has 2 unspecified atom stereocenters. The van der Waals surface area contributed by atoms with E-state index in [0.29, 0.717) is 12.2 Å². The topological polar surface area (TPSA) is 58.6 Å². The molecule has 0 aromatic heterocycles. The summed E-state index contributed by atoms with van der Waals surface area (Å²) in [6.45, 7) is 4.05. The number of para-hydroxylation sites is 2. The third-order valence-corrected chi connectivity index (χ3v) is 5.17. The van der Waals surface area contributed by atoms with Gasteiger partial charge < -0.3 is 15.0 Å². The minimum Gasteiger partial charge on any atom is -0.365 e. The molecule has 2 amide bonds. The van der Waals surface area contributed by atoms with E-state index in [1.165, 1.54) is 25.7 Å². The van der Waals surface area contributed by atoms with Gasteiger partial charge >= 0.3 is 0 Å². The molecular weight excluding hydrogens is 316 g/mol. The van der Waals surface area contributed by atoms with Crippen LogP contribution in [0.25, 0.3) is 0 Å². The largest absolute Gasteiger partial charge is 0.365 e. The molecule has 0 bridgehead atoms. The second-order valence-corrected chi connectivity index (χ2v) is 7.25. The van der Waals surface area contributed by atoms with Crippen LogP contribution in [0.4, 0.5) is 11.4 Å². The van der Waals surface area contributed by atoms with Crippen molar-refractivity contribution in [1.29, 1.82) is 0 Å². The van der Waals surface area contributed by atoms with E-state index in [1.807, 2.05) is 38.1 Å². The number of hydrogen-bond donors (Lipinski definition) is 1. The van der Waals surface area contributed by atoms with Crippen molar-refractivity contribution in [3.05, 3.63) is 24.3 Å². The van der Waals surface area contributed by atoms with Gasteiger partial charge in [-0.1, -0.05) is 44.7 Å². The van der Waals surface area contributed by atoms with Gasteiger partial charge in [0.2, 0.25) is 5.91 Å². The molecule has 5 nitrogen and oxygen atoms in total. The maximum absolute atomic E-state index is 13.1. The van der Waals surface area contributed by atoms with Gasteiger partial charge in [-0.25, -0.2) is 0 Å². The first kappa shape index (κ1) is 17.9. The highest BCUT2D eigenvalue weighted by atomic mass is 16.5. The van der Waals surface area contributed by atoms with E-state index in [2.05, 4.69) is 5.32 Å². The predicted molar refractivity (Wildman–Crippen MR) is 98.6 cm³/mol. The molecule has 2 atom stereocenters. The number of rotatable bonds is 3. The van der Waals surface area contributed by atoms with Gasteiger partial charge in [0.15, 0.2) is 0 Å². The highest BCUT2D eigenvalue weighted by molar-refractivity contribution is 6.05. The van der Waals surface area contributed by atoms with Gasteiger partial charge in [0.1, 0.15) is 6.10 Å². The molecule has 25 heavy (non-hydrogen) atoms. The third-order valence-electron chi connectivity index (χ3n) is 5.17. The molecule has 1 aliphatic carbocycles. The number of hydrogen-bond acceptors (Lipinski definition) is 3. The van der Waals surface area contributed by atoms with E-state index < -0.39 is 6.10 Å². The fraction of sp³-hybridized carbons (Fsp3) is 0.600. The summed E-state index contributed by atoms with van der Waals surface area (Å²) < 4.78 is 6.11. The van der Waals surface area contributed by atoms with E-state index in [-0.39, 0.29) is 23.8 Å². The van der Waals surface area contributed by atoms with Crippen molar-refractivity contribution in [2.75, 3.05) is 16.8 Å². The Balaban J connectivity index is 1.76. The van der Waals surface area contributed by atoms with E-state index in [0.717, 1.165) is 18.5 Å². The number of fused-ring (bicyclic) bond motifs is 1. The molecular formula is C20H28N2O3. The number of carbonyl (C=O) groups is 2. The summed E-state index contributed by atoms with van der Waals surface area (Å²) in [6.07, 6.45) is 6.59. The molecule has 1 heterocycles. The van der Waals surface area contributed by atoms with E-state index >= 15 is 0 Å². The minimum atomic E-state index is -0.503. The molecule has 0 radical (unpaired) electrons. The lowest BCUT2D eigenvalue weighted by Gasteiger charge is -2.28. The Bertz CT molecular complexity index is 623. The van der Waals surface area contributed by atoms with Gasteiger partial charge in [-0.2, -0.15) is 0 Å². The monoisotopic (exact) mass is 344 g/mol. The number of ether oxygens (including phenoxy) is 1. The van der Waals surface area contributed by atoms with Crippen molar-refractivity contribution in [1.82, 2.24) is 0 Å². The molecule has 1 aromatic carbocycles. The van der Waals surface area contributed by atoms with Gasteiger partial charge in [-0.3, -0.25) is 9.59 Å². The summed E-state index contributed by atoms with van der Waals surface area (Å²) in [6, 6.07) is 7.47. The SMILES string of the molecule is CC1CN(C(=O)C(C)OC2CCCCCC2)c2ccccc2NC1=O. The molecule has 1 saturated carbocycles. The summed E-state index contributed by atoms with van der Waals surface area (Å²) >= 11 is 0. The minimum absolute atomic E-state index is 0.0555. The lowest BCUT2D eigenvalue weighted by atomic mass is 10.1. The lowest BCUT2D eigenvalue weighted by molar-refractivity contribution is -0.133. The molecule has 0 saturated heterocycles. The quantitative estimate of drug-likeness (QED) is 0.850. The Morgan fingerprint density at radius 2 is 1.88 bits per heavy atom. The van der Waals surface area contributed by atoms with Gasteiger partial charge in [0.05, 0.1) is 23.4 Å². The smallest absolute Gasteiger partial charge is 0.255 e. The second-order valence-electron chi connectivity index (χ2n) is 7.25. The Kier molecular flexibility index (Phi) is 5.74. The van der Waals surface area contributed by atoms with Crippen molar-refractivity contribution in [2.24, 2.45) is 5.92 Å². The number of anilines is 2. The van der Waals surface area contributed by atoms with Crippen LogP contribution in [-0.4, -0.2) is 30.6 Å². The Morgan fingerprint density at radius 1 is 1.20 bits per heavy atom. The fourth-order valence-electron chi connectivity index (χ4n) is 3.68. The summed E-state index contributed by atoms with van der Waals surface area (Å²) in [5, 5.41) is 2.91. The van der Waals surface area contributed by atoms with Crippen molar-refractivity contribution in [3.63, 3.8) is 0 Å². The van der Waals surface area contributed by atoms with Crippen LogP contribution in [0, 0.1) is 5.92 Å². The Hall–Kier alpha value is -1.88. The molecule has 5 heteroatoms. The zero-order valence-electron chi connectivity index (χ0n) is 15.2.